The van der Waals surface area contributed by atoms with Gasteiger partial charge in [-0.2, -0.15) is 0 Å². The van der Waals surface area contributed by atoms with Crippen LogP contribution in [0.2, 0.25) is 0 Å². The number of carbonyl (C=O) groups excluding carboxylic acids is 2. The standard InChI is InChI=1S/C12H17N3O3S/c16-6-5-15(9-3-4-9)8-11(17)13-14-12(18)10-2-1-7-19-10/h1-2,7,9,16H,3-6,8H2,(H,13,17)(H,14,18). The van der Waals surface area contributed by atoms with Crippen molar-refractivity contribution in [2.45, 2.75) is 18.9 Å². The van der Waals surface area contributed by atoms with Crippen molar-refractivity contribution in [2.24, 2.45) is 0 Å². The third-order valence-electron chi connectivity index (χ3n) is 2.86. The summed E-state index contributed by atoms with van der Waals surface area (Å²) in [6.45, 7) is 0.707. The predicted molar refractivity (Wildman–Crippen MR) is 71.6 cm³/mol. The molecule has 6 nitrogen and oxygen atoms in total. The van der Waals surface area contributed by atoms with E-state index in [1.807, 2.05) is 4.90 Å². The fourth-order valence-corrected chi connectivity index (χ4v) is 2.40. The number of aliphatic hydroxyl groups is 1. The molecule has 1 heterocycles. The number of nitrogens with one attached hydrogen (secondary N) is 2. The summed E-state index contributed by atoms with van der Waals surface area (Å²) in [5, 5.41) is 10.7. The van der Waals surface area contributed by atoms with Gasteiger partial charge in [0.05, 0.1) is 18.0 Å². The Morgan fingerprint density at radius 3 is 2.79 bits per heavy atom. The van der Waals surface area contributed by atoms with E-state index in [1.165, 1.54) is 11.3 Å². The lowest BCUT2D eigenvalue weighted by atomic mass is 10.4. The average Bonchev–Trinajstić information content (AvgIpc) is 3.10. The summed E-state index contributed by atoms with van der Waals surface area (Å²) in [6, 6.07) is 3.86. The largest absolute Gasteiger partial charge is 0.395 e. The van der Waals surface area contributed by atoms with Crippen LogP contribution in [0.1, 0.15) is 22.5 Å². The zero-order chi connectivity index (χ0) is 13.7. The lowest BCUT2D eigenvalue weighted by molar-refractivity contribution is -0.123. The molecular formula is C12H17N3O3S. The summed E-state index contributed by atoms with van der Waals surface area (Å²) in [5.74, 6) is -0.589. The summed E-state index contributed by atoms with van der Waals surface area (Å²) < 4.78 is 0. The number of hydrogen-bond donors (Lipinski definition) is 3. The number of amides is 2. The van der Waals surface area contributed by atoms with Crippen molar-refractivity contribution in [2.75, 3.05) is 19.7 Å². The molecule has 0 unspecified atom stereocenters. The van der Waals surface area contributed by atoms with E-state index in [9.17, 15) is 9.59 Å². The van der Waals surface area contributed by atoms with Crippen molar-refractivity contribution in [3.05, 3.63) is 22.4 Å². The van der Waals surface area contributed by atoms with Gasteiger partial charge in [-0.3, -0.25) is 25.3 Å². The van der Waals surface area contributed by atoms with E-state index in [-0.39, 0.29) is 25.0 Å². The lowest BCUT2D eigenvalue weighted by Crippen LogP contribution is -2.47. The van der Waals surface area contributed by atoms with Crippen LogP contribution in [0.5, 0.6) is 0 Å². The van der Waals surface area contributed by atoms with Crippen LogP contribution in [0, 0.1) is 0 Å². The number of hydrazine groups is 1. The average molecular weight is 283 g/mol. The Morgan fingerprint density at radius 1 is 1.42 bits per heavy atom. The van der Waals surface area contributed by atoms with Crippen LogP contribution in [0.4, 0.5) is 0 Å². The number of rotatable bonds is 6. The molecule has 0 aliphatic heterocycles. The Bertz CT molecular complexity index is 431. The highest BCUT2D eigenvalue weighted by atomic mass is 32.1. The zero-order valence-corrected chi connectivity index (χ0v) is 11.3. The number of carbonyl (C=O) groups is 2. The van der Waals surface area contributed by atoms with E-state index >= 15 is 0 Å². The highest BCUT2D eigenvalue weighted by molar-refractivity contribution is 7.12. The van der Waals surface area contributed by atoms with Crippen LogP contribution in [0.3, 0.4) is 0 Å². The molecular weight excluding hydrogens is 266 g/mol. The first-order valence-electron chi connectivity index (χ1n) is 6.18. The molecule has 2 amide bonds. The zero-order valence-electron chi connectivity index (χ0n) is 10.5. The van der Waals surface area contributed by atoms with Gasteiger partial charge in [-0.15, -0.1) is 11.3 Å². The van der Waals surface area contributed by atoms with Gasteiger partial charge in [0.1, 0.15) is 0 Å². The highest BCUT2D eigenvalue weighted by Gasteiger charge is 2.29. The third kappa shape index (κ3) is 4.30. The van der Waals surface area contributed by atoms with Crippen LogP contribution in [-0.4, -0.2) is 47.6 Å². The van der Waals surface area contributed by atoms with Crippen LogP contribution in [0.25, 0.3) is 0 Å². The Kier molecular flexibility index (Phi) is 4.89. The molecule has 1 aliphatic rings. The molecule has 7 heteroatoms. The first kappa shape index (κ1) is 14.0. The summed E-state index contributed by atoms with van der Waals surface area (Å²) in [6.07, 6.45) is 2.13. The first-order chi connectivity index (χ1) is 9.20. The number of nitrogens with zero attached hydrogens (tertiary/aromatic N) is 1. The van der Waals surface area contributed by atoms with E-state index in [4.69, 9.17) is 5.11 Å². The minimum Gasteiger partial charge on any atom is -0.395 e. The molecule has 0 radical (unpaired) electrons. The molecule has 0 saturated heterocycles. The van der Waals surface area contributed by atoms with Crippen molar-refractivity contribution in [1.29, 1.82) is 0 Å². The highest BCUT2D eigenvalue weighted by Crippen LogP contribution is 2.25. The van der Waals surface area contributed by atoms with Crippen LogP contribution in [0.15, 0.2) is 17.5 Å². The second-order valence-corrected chi connectivity index (χ2v) is 5.35. The lowest BCUT2D eigenvalue weighted by Gasteiger charge is -2.19. The molecule has 3 N–H and O–H groups in total. The first-order valence-corrected chi connectivity index (χ1v) is 7.06. The van der Waals surface area contributed by atoms with Gasteiger partial charge < -0.3 is 5.11 Å². The van der Waals surface area contributed by atoms with Crippen molar-refractivity contribution < 1.29 is 14.7 Å². The molecule has 1 fully saturated rings. The minimum atomic E-state index is -0.316. The molecule has 19 heavy (non-hydrogen) atoms. The number of thiophene rings is 1. The molecule has 1 saturated carbocycles. The maximum absolute atomic E-state index is 11.7. The predicted octanol–water partition coefficient (Wildman–Crippen LogP) is -0.0342. The van der Waals surface area contributed by atoms with E-state index in [1.54, 1.807) is 17.5 Å². The van der Waals surface area contributed by atoms with Crippen molar-refractivity contribution in [3.8, 4) is 0 Å². The number of hydrogen-bond acceptors (Lipinski definition) is 5. The second kappa shape index (κ2) is 6.65. The van der Waals surface area contributed by atoms with E-state index < -0.39 is 0 Å². The minimum absolute atomic E-state index is 0.0331. The maximum atomic E-state index is 11.7. The fraction of sp³-hybridized carbons (Fsp3) is 0.500. The smallest absolute Gasteiger partial charge is 0.279 e. The van der Waals surface area contributed by atoms with Crippen molar-refractivity contribution >= 4 is 23.2 Å². The van der Waals surface area contributed by atoms with Gasteiger partial charge in [0, 0.05) is 12.6 Å². The second-order valence-electron chi connectivity index (χ2n) is 4.40. The summed E-state index contributed by atoms with van der Waals surface area (Å²) in [7, 11) is 0. The third-order valence-corrected chi connectivity index (χ3v) is 3.73. The Hall–Kier alpha value is -1.44. The molecule has 0 spiro atoms. The molecule has 1 aliphatic carbocycles. The van der Waals surface area contributed by atoms with Gasteiger partial charge >= 0.3 is 0 Å². The molecule has 2 rings (SSSR count). The molecule has 0 atom stereocenters. The van der Waals surface area contributed by atoms with Crippen LogP contribution >= 0.6 is 11.3 Å². The van der Waals surface area contributed by atoms with Gasteiger partial charge in [0.25, 0.3) is 11.8 Å². The topological polar surface area (TPSA) is 81.7 Å². The van der Waals surface area contributed by atoms with E-state index in [2.05, 4.69) is 10.9 Å². The molecule has 0 bridgehead atoms. The number of aliphatic hydroxyl groups excluding tert-OH is 1. The normalized spacial score (nSPS) is 14.4. The summed E-state index contributed by atoms with van der Waals surface area (Å²) in [4.78, 5) is 25.8. The molecule has 0 aromatic carbocycles. The van der Waals surface area contributed by atoms with Crippen LogP contribution < -0.4 is 10.9 Å². The van der Waals surface area contributed by atoms with Crippen molar-refractivity contribution in [3.63, 3.8) is 0 Å². The van der Waals surface area contributed by atoms with Crippen LogP contribution in [-0.2, 0) is 4.79 Å². The van der Waals surface area contributed by atoms with Gasteiger partial charge in [-0.05, 0) is 24.3 Å². The summed E-state index contributed by atoms with van der Waals surface area (Å²) in [5.41, 5.74) is 4.76. The Labute approximate surface area is 115 Å². The summed E-state index contributed by atoms with van der Waals surface area (Å²) >= 11 is 1.31. The monoisotopic (exact) mass is 283 g/mol. The molecule has 1 aromatic rings. The quantitative estimate of drug-likeness (QED) is 0.640. The van der Waals surface area contributed by atoms with Crippen molar-refractivity contribution in [1.82, 2.24) is 15.8 Å². The SMILES string of the molecule is O=C(CN(CCO)C1CC1)NNC(=O)c1cccs1. The van der Waals surface area contributed by atoms with Gasteiger partial charge in [-0.1, -0.05) is 6.07 Å². The molecule has 104 valence electrons. The van der Waals surface area contributed by atoms with Gasteiger partial charge in [0.15, 0.2) is 0 Å². The van der Waals surface area contributed by atoms with E-state index in [0.29, 0.717) is 17.5 Å². The van der Waals surface area contributed by atoms with E-state index in [0.717, 1.165) is 12.8 Å². The van der Waals surface area contributed by atoms with Gasteiger partial charge in [-0.25, -0.2) is 0 Å². The Balaban J connectivity index is 1.73. The molecule has 1 aromatic heterocycles. The maximum Gasteiger partial charge on any atom is 0.279 e. The Morgan fingerprint density at radius 2 is 2.21 bits per heavy atom. The fourth-order valence-electron chi connectivity index (χ4n) is 1.78. The van der Waals surface area contributed by atoms with Gasteiger partial charge in [0.2, 0.25) is 0 Å².